The summed E-state index contributed by atoms with van der Waals surface area (Å²) in [6.07, 6.45) is 6.56. The second-order valence-corrected chi connectivity index (χ2v) is 16.4. The molecule has 0 aromatic heterocycles. The van der Waals surface area contributed by atoms with E-state index in [1.165, 1.54) is 0 Å². The molecular weight excluding hydrogens is 795 g/mol. The number of hydrogen-bond donors (Lipinski definition) is 10. The number of likely N-dealkylation sites (tertiary alicyclic amines) is 1. The van der Waals surface area contributed by atoms with Gasteiger partial charge in [-0.1, -0.05) is 44.9 Å². The molecule has 0 saturated carbocycles. The van der Waals surface area contributed by atoms with Gasteiger partial charge in [-0.3, -0.25) is 48.0 Å². The molecule has 0 bridgehead atoms. The maximum absolute atomic E-state index is 12.9. The van der Waals surface area contributed by atoms with Crippen LogP contribution in [0.3, 0.4) is 0 Å². The number of nitrogens with two attached hydrogens (primary N) is 3. The third-order valence-corrected chi connectivity index (χ3v) is 10.6. The summed E-state index contributed by atoms with van der Waals surface area (Å²) in [4.78, 5) is 121. The second-order valence-electron chi connectivity index (χ2n) is 13.3. The number of amides is 5. The second kappa shape index (κ2) is 27.3. The van der Waals surface area contributed by atoms with Crippen LogP contribution in [0.5, 0.6) is 0 Å². The van der Waals surface area contributed by atoms with Gasteiger partial charge in [-0.05, 0) is 25.7 Å². The lowest BCUT2D eigenvalue weighted by Crippen LogP contribution is -2.55. The number of ether oxygens (including phenoxy) is 1. The fourth-order valence-electron chi connectivity index (χ4n) is 5.37. The number of nitrogens with zero attached hydrogens (tertiary/aromatic N) is 2. The van der Waals surface area contributed by atoms with E-state index >= 15 is 0 Å². The van der Waals surface area contributed by atoms with Gasteiger partial charge in [0, 0.05) is 31.4 Å². The van der Waals surface area contributed by atoms with Crippen molar-refractivity contribution in [1.29, 1.82) is 0 Å². The molecule has 324 valence electrons. The van der Waals surface area contributed by atoms with Crippen molar-refractivity contribution in [3.63, 3.8) is 0 Å². The van der Waals surface area contributed by atoms with E-state index in [9.17, 15) is 53.1 Å². The number of unbranched alkanes of at least 4 members (excludes halogenated alkanes) is 8. The van der Waals surface area contributed by atoms with Crippen molar-refractivity contribution in [2.24, 2.45) is 22.2 Å². The Morgan fingerprint density at radius 3 is 2.09 bits per heavy atom. The maximum Gasteiger partial charge on any atom is 0.327 e. The molecule has 24 heteroatoms. The quantitative estimate of drug-likeness (QED) is 0.00947. The summed E-state index contributed by atoms with van der Waals surface area (Å²) in [5.74, 6) is -8.25. The number of imide groups is 1. The molecule has 1 heterocycles. The molecule has 0 radical (unpaired) electrons. The minimum absolute atomic E-state index is 0.0871. The van der Waals surface area contributed by atoms with Crippen LogP contribution >= 0.6 is 19.4 Å². The number of carbonyl (C=O) groups excluding carboxylic acids is 6. The molecular formula is C33H57N8O14PS. The Bertz CT molecular complexity index is 1460. The van der Waals surface area contributed by atoms with Crippen LogP contribution in [0.15, 0.2) is 4.99 Å². The average molecular weight is 853 g/mol. The van der Waals surface area contributed by atoms with Gasteiger partial charge in [-0.15, -0.1) is 11.8 Å². The average Bonchev–Trinajstić information content (AvgIpc) is 3.39. The summed E-state index contributed by atoms with van der Waals surface area (Å²) < 4.78 is 16.0. The number of carboxylic acids is 2. The smallest absolute Gasteiger partial charge is 0.327 e. The number of esters is 1. The third-order valence-electron chi connectivity index (χ3n) is 8.44. The first-order valence-corrected chi connectivity index (χ1v) is 21.4. The van der Waals surface area contributed by atoms with Crippen LogP contribution in [-0.2, 0) is 47.7 Å². The molecule has 1 aliphatic heterocycles. The van der Waals surface area contributed by atoms with Crippen LogP contribution in [0, 0.1) is 0 Å². The molecule has 1 rings (SSSR count). The molecule has 5 amide bonds. The van der Waals surface area contributed by atoms with Crippen LogP contribution in [0.4, 0.5) is 0 Å². The van der Waals surface area contributed by atoms with Gasteiger partial charge in [0.1, 0.15) is 12.1 Å². The predicted molar refractivity (Wildman–Crippen MR) is 206 cm³/mol. The molecule has 0 aromatic carbocycles. The molecule has 13 N–H and O–H groups in total. The lowest BCUT2D eigenvalue weighted by molar-refractivity contribution is -0.146. The van der Waals surface area contributed by atoms with Crippen molar-refractivity contribution in [2.45, 2.75) is 113 Å². The first-order valence-electron chi connectivity index (χ1n) is 18.6. The van der Waals surface area contributed by atoms with E-state index in [4.69, 9.17) is 31.7 Å². The molecule has 1 fully saturated rings. The van der Waals surface area contributed by atoms with Gasteiger partial charge in [-0.25, -0.2) is 4.79 Å². The number of nitrogens with one attached hydrogen (secondary N) is 3. The Kier molecular flexibility index (Phi) is 24.3. The summed E-state index contributed by atoms with van der Waals surface area (Å²) >= 11 is 0.770. The highest BCUT2D eigenvalue weighted by Gasteiger charge is 2.40. The normalized spacial score (nSPS) is 15.6. The maximum atomic E-state index is 12.9. The molecule has 22 nitrogen and oxygen atoms in total. The Labute approximate surface area is 334 Å². The van der Waals surface area contributed by atoms with Crippen molar-refractivity contribution in [2.75, 3.05) is 38.2 Å². The van der Waals surface area contributed by atoms with E-state index in [-0.39, 0.29) is 51.1 Å². The summed E-state index contributed by atoms with van der Waals surface area (Å²) in [7, 11) is -3.93. The van der Waals surface area contributed by atoms with Gasteiger partial charge in [0.05, 0.1) is 37.3 Å². The zero-order valence-corrected chi connectivity index (χ0v) is 33.5. The molecule has 0 aromatic rings. The Balaban J connectivity index is 2.47. The highest BCUT2D eigenvalue weighted by atomic mass is 32.2. The number of guanidine groups is 1. The van der Waals surface area contributed by atoms with Gasteiger partial charge in [0.2, 0.25) is 29.5 Å². The van der Waals surface area contributed by atoms with Crippen molar-refractivity contribution in [3.05, 3.63) is 0 Å². The van der Waals surface area contributed by atoms with Crippen LogP contribution < -0.4 is 33.2 Å². The third kappa shape index (κ3) is 23.5. The summed E-state index contributed by atoms with van der Waals surface area (Å²) in [6.45, 7) is -0.509. The van der Waals surface area contributed by atoms with E-state index in [2.05, 4.69) is 20.9 Å². The highest BCUT2D eigenvalue weighted by Crippen LogP contribution is 2.35. The zero-order valence-electron chi connectivity index (χ0n) is 31.8. The van der Waals surface area contributed by atoms with Crippen molar-refractivity contribution >= 4 is 72.8 Å². The van der Waals surface area contributed by atoms with E-state index < -0.39 is 97.1 Å². The van der Waals surface area contributed by atoms with Gasteiger partial charge in [0.15, 0.2) is 5.96 Å². The molecule has 57 heavy (non-hydrogen) atoms. The zero-order chi connectivity index (χ0) is 43.0. The number of rotatable bonds is 31. The number of aliphatic carboxylic acids is 2. The minimum Gasteiger partial charge on any atom is -0.481 e. The largest absolute Gasteiger partial charge is 0.481 e. The molecule has 1 unspecified atom stereocenters. The van der Waals surface area contributed by atoms with E-state index in [0.717, 1.165) is 61.6 Å². The Hall–Kier alpha value is -4.31. The van der Waals surface area contributed by atoms with Gasteiger partial charge < -0.3 is 57.9 Å². The summed E-state index contributed by atoms with van der Waals surface area (Å²) in [5.41, 5.74) is 16.2. The van der Waals surface area contributed by atoms with Crippen LogP contribution in [0.2, 0.25) is 0 Å². The number of thioether (sulfide) groups is 1. The predicted octanol–water partition coefficient (Wildman–Crippen LogP) is -1.50. The van der Waals surface area contributed by atoms with Crippen LogP contribution in [0.25, 0.3) is 0 Å². The number of hydrogen-bond acceptors (Lipinski definition) is 13. The Morgan fingerprint density at radius 2 is 1.51 bits per heavy atom. The standard InChI is InChI=1S/C33H57N8O14PS/c34-21(11-10-13-37-33(35)36)29(47)38-19-25(42)39-22(17-27(44)45)30(48)40-23(32(50)51)20-57-24-18-26(43)41(31(24)49)14-12-28(46)55-15-8-6-4-2-1-3-5-7-9-16-56(52,53)54/h21-24H,1-20,34H2,(H,38,47)(H,39,42)(H,40,48)(H,44,45)(H,50,51)(H4,35,36,37)(H2,52,53,54)/t21-,22-,23-,24?/m0/s1. The SMILES string of the molecule is NC(N)=NCCC[C@H](N)C(=O)NCC(=O)N[C@@H](CC(=O)O)C(=O)N[C@@H](CSC1CC(=O)N(CCC(=O)OCCCCCCCCCCCP(=O)(O)O)C1=O)C(=O)O. The highest BCUT2D eigenvalue weighted by molar-refractivity contribution is 8.00. The van der Waals surface area contributed by atoms with Crippen LogP contribution in [-0.4, -0.2) is 140 Å². The molecule has 0 aliphatic carbocycles. The van der Waals surface area contributed by atoms with Crippen molar-refractivity contribution in [3.8, 4) is 0 Å². The number of carbonyl (C=O) groups is 8. The first kappa shape index (κ1) is 50.7. The monoisotopic (exact) mass is 852 g/mol. The Morgan fingerprint density at radius 1 is 0.895 bits per heavy atom. The fraction of sp³-hybridized carbons (Fsp3) is 0.727. The summed E-state index contributed by atoms with van der Waals surface area (Å²) in [6, 6.07) is -4.42. The molecule has 1 saturated heterocycles. The lowest BCUT2D eigenvalue weighted by Gasteiger charge is -2.21. The van der Waals surface area contributed by atoms with Crippen molar-refractivity contribution in [1.82, 2.24) is 20.9 Å². The molecule has 4 atom stereocenters. The molecule has 1 aliphatic rings. The summed E-state index contributed by atoms with van der Waals surface area (Å²) in [5, 5.41) is 24.5. The van der Waals surface area contributed by atoms with Crippen LogP contribution in [0.1, 0.15) is 89.9 Å². The molecule has 0 spiro atoms. The number of carboxylic acid groups (broad SMARTS) is 2. The fourth-order valence-corrected chi connectivity index (χ4v) is 7.19. The van der Waals surface area contributed by atoms with Crippen molar-refractivity contribution < 1.29 is 67.7 Å². The van der Waals surface area contributed by atoms with E-state index in [1.54, 1.807) is 0 Å². The number of aliphatic imine (C=N–C) groups is 1. The first-order chi connectivity index (χ1) is 26.8. The van der Waals surface area contributed by atoms with Gasteiger partial charge in [-0.2, -0.15) is 0 Å². The van der Waals surface area contributed by atoms with Gasteiger partial charge in [0.25, 0.3) is 0 Å². The lowest BCUT2D eigenvalue weighted by atomic mass is 10.1. The van der Waals surface area contributed by atoms with Gasteiger partial charge >= 0.3 is 25.5 Å². The topological polar surface area (TPSA) is 374 Å². The minimum atomic E-state index is -3.93. The van der Waals surface area contributed by atoms with E-state index in [0.29, 0.717) is 19.3 Å². The van der Waals surface area contributed by atoms with E-state index in [1.807, 2.05) is 0 Å².